The molecule has 16 heavy (non-hydrogen) atoms. The molecule has 2 rings (SSSR count). The van der Waals surface area contributed by atoms with Gasteiger partial charge in [0.1, 0.15) is 0 Å². The molecule has 0 saturated heterocycles. The van der Waals surface area contributed by atoms with Crippen LogP contribution in [0.2, 0.25) is 0 Å². The molecule has 0 saturated carbocycles. The van der Waals surface area contributed by atoms with Crippen molar-refractivity contribution < 1.29 is 5.11 Å². The fourth-order valence-electron chi connectivity index (χ4n) is 1.67. The van der Waals surface area contributed by atoms with Gasteiger partial charge >= 0.3 is 0 Å². The van der Waals surface area contributed by atoms with Crippen molar-refractivity contribution in [1.82, 2.24) is 20.0 Å². The molecule has 0 fully saturated rings. The molecule has 5 heteroatoms. The van der Waals surface area contributed by atoms with E-state index < -0.39 is 6.10 Å². The normalized spacial score (nSPS) is 12.7. The van der Waals surface area contributed by atoms with Crippen LogP contribution in [0.1, 0.15) is 23.1 Å². The first-order chi connectivity index (χ1) is 7.66. The SMILES string of the molecule is Cc1cc(CC(O)c2ccnnc2)n(C)n1. The van der Waals surface area contributed by atoms with Crippen LogP contribution < -0.4 is 0 Å². The Bertz CT molecular complexity index is 466. The van der Waals surface area contributed by atoms with Gasteiger partial charge in [0, 0.05) is 30.9 Å². The maximum Gasteiger partial charge on any atom is 0.0861 e. The minimum atomic E-state index is -0.565. The van der Waals surface area contributed by atoms with Crippen molar-refractivity contribution in [3.05, 3.63) is 41.5 Å². The lowest BCUT2D eigenvalue weighted by molar-refractivity contribution is 0.175. The van der Waals surface area contributed by atoms with Crippen molar-refractivity contribution in [3.8, 4) is 0 Å². The lowest BCUT2D eigenvalue weighted by Crippen LogP contribution is -2.06. The fraction of sp³-hybridized carbons (Fsp3) is 0.364. The van der Waals surface area contributed by atoms with E-state index in [2.05, 4.69) is 15.3 Å². The number of aliphatic hydroxyl groups is 1. The second-order valence-electron chi connectivity index (χ2n) is 3.80. The highest BCUT2D eigenvalue weighted by molar-refractivity contribution is 5.15. The van der Waals surface area contributed by atoms with Crippen molar-refractivity contribution in [1.29, 1.82) is 0 Å². The zero-order valence-corrected chi connectivity index (χ0v) is 9.33. The number of aryl methyl sites for hydroxylation is 2. The minimum Gasteiger partial charge on any atom is -0.388 e. The molecule has 0 amide bonds. The van der Waals surface area contributed by atoms with Gasteiger partial charge in [-0.25, -0.2) is 0 Å². The second kappa shape index (κ2) is 4.40. The third-order valence-electron chi connectivity index (χ3n) is 2.49. The summed E-state index contributed by atoms with van der Waals surface area (Å²) >= 11 is 0. The first-order valence-corrected chi connectivity index (χ1v) is 5.11. The topological polar surface area (TPSA) is 63.8 Å². The van der Waals surface area contributed by atoms with Gasteiger partial charge < -0.3 is 5.11 Å². The summed E-state index contributed by atoms with van der Waals surface area (Å²) in [5.41, 5.74) is 2.73. The maximum atomic E-state index is 10.00. The summed E-state index contributed by atoms with van der Waals surface area (Å²) in [6.45, 7) is 1.93. The van der Waals surface area contributed by atoms with Gasteiger partial charge in [-0.05, 0) is 19.1 Å². The van der Waals surface area contributed by atoms with E-state index in [0.29, 0.717) is 6.42 Å². The summed E-state index contributed by atoms with van der Waals surface area (Å²) in [5, 5.41) is 21.7. The predicted octanol–water partition coefficient (Wildman–Crippen LogP) is 0.795. The Kier molecular flexibility index (Phi) is 2.96. The van der Waals surface area contributed by atoms with E-state index in [1.54, 1.807) is 23.1 Å². The van der Waals surface area contributed by atoms with Gasteiger partial charge in [-0.2, -0.15) is 15.3 Å². The Labute approximate surface area is 93.8 Å². The summed E-state index contributed by atoms with van der Waals surface area (Å²) in [6.07, 6.45) is 3.12. The Hall–Kier alpha value is -1.75. The van der Waals surface area contributed by atoms with Gasteiger partial charge in [-0.15, -0.1) is 0 Å². The monoisotopic (exact) mass is 218 g/mol. The number of nitrogens with zero attached hydrogens (tertiary/aromatic N) is 4. The smallest absolute Gasteiger partial charge is 0.0861 e. The first-order valence-electron chi connectivity index (χ1n) is 5.11. The van der Waals surface area contributed by atoms with Crippen LogP contribution in [-0.4, -0.2) is 25.1 Å². The van der Waals surface area contributed by atoms with Crippen LogP contribution >= 0.6 is 0 Å². The molecule has 2 aromatic rings. The van der Waals surface area contributed by atoms with E-state index >= 15 is 0 Å². The van der Waals surface area contributed by atoms with E-state index in [-0.39, 0.29) is 0 Å². The van der Waals surface area contributed by atoms with Crippen molar-refractivity contribution in [2.45, 2.75) is 19.4 Å². The molecule has 2 aromatic heterocycles. The van der Waals surface area contributed by atoms with E-state index in [1.165, 1.54) is 0 Å². The summed E-state index contributed by atoms with van der Waals surface area (Å²) in [6, 6.07) is 3.73. The molecule has 1 N–H and O–H groups in total. The molecule has 1 atom stereocenters. The highest BCUT2D eigenvalue weighted by Crippen LogP contribution is 2.16. The van der Waals surface area contributed by atoms with E-state index in [1.807, 2.05) is 20.0 Å². The third-order valence-corrected chi connectivity index (χ3v) is 2.49. The zero-order valence-electron chi connectivity index (χ0n) is 9.33. The Morgan fingerprint density at radius 2 is 2.25 bits per heavy atom. The van der Waals surface area contributed by atoms with Gasteiger partial charge in [-0.3, -0.25) is 4.68 Å². The van der Waals surface area contributed by atoms with Crippen molar-refractivity contribution in [3.63, 3.8) is 0 Å². The molecule has 2 heterocycles. The summed E-state index contributed by atoms with van der Waals surface area (Å²) in [7, 11) is 1.87. The minimum absolute atomic E-state index is 0.531. The number of rotatable bonds is 3. The molecule has 0 aliphatic heterocycles. The zero-order chi connectivity index (χ0) is 11.5. The highest BCUT2D eigenvalue weighted by atomic mass is 16.3. The second-order valence-corrected chi connectivity index (χ2v) is 3.80. The van der Waals surface area contributed by atoms with Crippen LogP contribution in [0.4, 0.5) is 0 Å². The number of hydrogen-bond acceptors (Lipinski definition) is 4. The maximum absolute atomic E-state index is 10.00. The molecule has 0 aromatic carbocycles. The Morgan fingerprint density at radius 3 is 2.81 bits per heavy atom. The Morgan fingerprint density at radius 1 is 1.44 bits per heavy atom. The van der Waals surface area contributed by atoms with Crippen LogP contribution in [0.5, 0.6) is 0 Å². The predicted molar refractivity (Wildman–Crippen MR) is 58.6 cm³/mol. The third kappa shape index (κ3) is 2.25. The Balaban J connectivity index is 2.14. The van der Waals surface area contributed by atoms with Gasteiger partial charge in [0.15, 0.2) is 0 Å². The molecular formula is C11H14N4O. The molecule has 0 bridgehead atoms. The fourth-order valence-corrected chi connectivity index (χ4v) is 1.67. The van der Waals surface area contributed by atoms with Crippen molar-refractivity contribution >= 4 is 0 Å². The quantitative estimate of drug-likeness (QED) is 0.827. The lowest BCUT2D eigenvalue weighted by Gasteiger charge is -2.09. The van der Waals surface area contributed by atoms with Crippen molar-refractivity contribution in [2.75, 3.05) is 0 Å². The van der Waals surface area contributed by atoms with Crippen LogP contribution in [0, 0.1) is 6.92 Å². The lowest BCUT2D eigenvalue weighted by atomic mass is 10.1. The average molecular weight is 218 g/mol. The number of aromatic nitrogens is 4. The molecule has 0 aliphatic rings. The van der Waals surface area contributed by atoms with Gasteiger partial charge in [-0.1, -0.05) is 0 Å². The van der Waals surface area contributed by atoms with Crippen LogP contribution in [-0.2, 0) is 13.5 Å². The average Bonchev–Trinajstić information content (AvgIpc) is 2.59. The van der Waals surface area contributed by atoms with Crippen LogP contribution in [0.15, 0.2) is 24.5 Å². The largest absolute Gasteiger partial charge is 0.388 e. The van der Waals surface area contributed by atoms with E-state index in [9.17, 15) is 5.11 Å². The van der Waals surface area contributed by atoms with Crippen molar-refractivity contribution in [2.24, 2.45) is 7.05 Å². The molecule has 0 radical (unpaired) electrons. The molecular weight excluding hydrogens is 204 g/mol. The summed E-state index contributed by atoms with van der Waals surface area (Å²) in [4.78, 5) is 0. The van der Waals surface area contributed by atoms with Crippen LogP contribution in [0.3, 0.4) is 0 Å². The van der Waals surface area contributed by atoms with Gasteiger partial charge in [0.25, 0.3) is 0 Å². The van der Waals surface area contributed by atoms with Gasteiger partial charge in [0.05, 0.1) is 18.0 Å². The summed E-state index contributed by atoms with van der Waals surface area (Å²) in [5.74, 6) is 0. The highest BCUT2D eigenvalue weighted by Gasteiger charge is 2.11. The number of hydrogen-bond donors (Lipinski definition) is 1. The summed E-state index contributed by atoms with van der Waals surface area (Å²) < 4.78 is 1.78. The van der Waals surface area contributed by atoms with E-state index in [0.717, 1.165) is 17.0 Å². The van der Waals surface area contributed by atoms with Crippen LogP contribution in [0.25, 0.3) is 0 Å². The molecule has 84 valence electrons. The number of aliphatic hydroxyl groups excluding tert-OH is 1. The van der Waals surface area contributed by atoms with Gasteiger partial charge in [0.2, 0.25) is 0 Å². The standard InChI is InChI=1S/C11H14N4O/c1-8-5-10(15(2)14-8)6-11(16)9-3-4-12-13-7-9/h3-5,7,11,16H,6H2,1-2H3. The first kappa shape index (κ1) is 10.8. The molecule has 0 spiro atoms. The molecule has 0 aliphatic carbocycles. The molecule has 1 unspecified atom stereocenters. The molecule has 5 nitrogen and oxygen atoms in total. The van der Waals surface area contributed by atoms with E-state index in [4.69, 9.17) is 0 Å².